The molecule has 3 heterocycles. The minimum atomic E-state index is 0.0178. The first-order valence-electron chi connectivity index (χ1n) is 10.5. The molecule has 0 spiro atoms. The van der Waals surface area contributed by atoms with Gasteiger partial charge in [-0.15, -0.1) is 0 Å². The summed E-state index contributed by atoms with van der Waals surface area (Å²) in [6, 6.07) is 11.4. The van der Waals surface area contributed by atoms with E-state index in [0.29, 0.717) is 30.3 Å². The molecule has 8 nitrogen and oxygen atoms in total. The van der Waals surface area contributed by atoms with Gasteiger partial charge in [-0.2, -0.15) is 5.10 Å². The number of aromatic nitrogens is 2. The number of fused-ring (bicyclic) bond motifs is 2. The van der Waals surface area contributed by atoms with Gasteiger partial charge in [-0.1, -0.05) is 12.1 Å². The van der Waals surface area contributed by atoms with Crippen molar-refractivity contribution in [1.29, 1.82) is 0 Å². The molecular formula is C24H25N3O5. The molecule has 0 bridgehead atoms. The molecule has 0 saturated carbocycles. The van der Waals surface area contributed by atoms with Gasteiger partial charge >= 0.3 is 0 Å². The van der Waals surface area contributed by atoms with Gasteiger partial charge in [-0.3, -0.25) is 9.48 Å². The second-order valence-electron chi connectivity index (χ2n) is 8.07. The van der Waals surface area contributed by atoms with Crippen LogP contribution in [-0.4, -0.2) is 34.2 Å². The van der Waals surface area contributed by atoms with Crippen molar-refractivity contribution >= 4 is 5.91 Å². The third-order valence-corrected chi connectivity index (χ3v) is 5.96. The molecule has 2 aliphatic rings. The predicted octanol–water partition coefficient (Wildman–Crippen LogP) is 3.27. The second-order valence-corrected chi connectivity index (χ2v) is 8.07. The first-order chi connectivity index (χ1) is 15.5. The summed E-state index contributed by atoms with van der Waals surface area (Å²) in [7, 11) is 1.92. The lowest BCUT2D eigenvalue weighted by Crippen LogP contribution is -2.31. The van der Waals surface area contributed by atoms with Gasteiger partial charge in [-0.25, -0.2) is 0 Å². The Kier molecular flexibility index (Phi) is 5.13. The molecule has 5 rings (SSSR count). The second kappa shape index (κ2) is 8.11. The molecule has 32 heavy (non-hydrogen) atoms. The van der Waals surface area contributed by atoms with Crippen LogP contribution in [0.25, 0.3) is 0 Å². The van der Waals surface area contributed by atoms with Gasteiger partial charge in [0, 0.05) is 31.4 Å². The Morgan fingerprint density at radius 3 is 2.12 bits per heavy atom. The number of benzene rings is 2. The fourth-order valence-corrected chi connectivity index (χ4v) is 4.07. The first-order valence-corrected chi connectivity index (χ1v) is 10.5. The lowest BCUT2D eigenvalue weighted by atomic mass is 10.1. The summed E-state index contributed by atoms with van der Waals surface area (Å²) in [4.78, 5) is 15.3. The zero-order valence-electron chi connectivity index (χ0n) is 18.4. The van der Waals surface area contributed by atoms with E-state index in [0.717, 1.165) is 33.8 Å². The van der Waals surface area contributed by atoms with Gasteiger partial charge in [0.05, 0.1) is 12.1 Å². The van der Waals surface area contributed by atoms with Gasteiger partial charge in [0.2, 0.25) is 19.5 Å². The lowest BCUT2D eigenvalue weighted by molar-refractivity contribution is -0.131. The Balaban J connectivity index is 1.41. The van der Waals surface area contributed by atoms with Crippen molar-refractivity contribution < 1.29 is 23.7 Å². The van der Waals surface area contributed by atoms with Crippen LogP contribution < -0.4 is 18.9 Å². The van der Waals surface area contributed by atoms with E-state index < -0.39 is 0 Å². The summed E-state index contributed by atoms with van der Waals surface area (Å²) in [6.07, 6.45) is 0.263. The highest BCUT2D eigenvalue weighted by molar-refractivity contribution is 5.79. The molecule has 0 atom stereocenters. The number of ether oxygens (including phenoxy) is 4. The quantitative estimate of drug-likeness (QED) is 0.592. The number of carbonyl (C=O) groups is 1. The largest absolute Gasteiger partial charge is 0.454 e. The molecular weight excluding hydrogens is 410 g/mol. The van der Waals surface area contributed by atoms with Crippen LogP contribution in [0, 0.1) is 13.8 Å². The highest BCUT2D eigenvalue weighted by Gasteiger charge is 2.22. The summed E-state index contributed by atoms with van der Waals surface area (Å²) in [5.74, 6) is 2.84. The smallest absolute Gasteiger partial charge is 0.231 e. The van der Waals surface area contributed by atoms with Crippen LogP contribution in [0.2, 0.25) is 0 Å². The zero-order chi connectivity index (χ0) is 22.2. The highest BCUT2D eigenvalue weighted by atomic mass is 16.7. The number of rotatable bonds is 6. The van der Waals surface area contributed by atoms with Gasteiger partial charge in [-0.05, 0) is 49.2 Å². The Morgan fingerprint density at radius 1 is 0.906 bits per heavy atom. The van der Waals surface area contributed by atoms with E-state index in [-0.39, 0.29) is 25.9 Å². The molecule has 0 unspecified atom stereocenters. The maximum absolute atomic E-state index is 13.5. The fourth-order valence-electron chi connectivity index (χ4n) is 4.07. The van der Waals surface area contributed by atoms with Crippen molar-refractivity contribution in [1.82, 2.24) is 14.7 Å². The van der Waals surface area contributed by atoms with Crippen molar-refractivity contribution in [3.05, 3.63) is 64.5 Å². The first kappa shape index (κ1) is 20.2. The molecule has 2 aliphatic heterocycles. The van der Waals surface area contributed by atoms with Gasteiger partial charge in [0.1, 0.15) is 0 Å². The maximum atomic E-state index is 13.5. The predicted molar refractivity (Wildman–Crippen MR) is 116 cm³/mol. The standard InChI is InChI=1S/C24H25N3O5/c1-15-19(16(2)26(3)25-15)12-27(11-18-5-7-21-23(9-18)32-14-30-21)24(28)10-17-4-6-20-22(8-17)31-13-29-20/h4-9H,10-14H2,1-3H3. The number of amides is 1. The summed E-state index contributed by atoms with van der Waals surface area (Å²) in [5.41, 5.74) is 4.90. The van der Waals surface area contributed by atoms with Crippen molar-refractivity contribution in [2.24, 2.45) is 7.05 Å². The maximum Gasteiger partial charge on any atom is 0.231 e. The van der Waals surface area contributed by atoms with Gasteiger partial charge in [0.15, 0.2) is 23.0 Å². The zero-order valence-corrected chi connectivity index (χ0v) is 18.4. The van der Waals surface area contributed by atoms with E-state index in [9.17, 15) is 4.79 Å². The van der Waals surface area contributed by atoms with Crippen molar-refractivity contribution in [3.63, 3.8) is 0 Å². The summed E-state index contributed by atoms with van der Waals surface area (Å²) in [5, 5.41) is 4.51. The van der Waals surface area contributed by atoms with E-state index in [4.69, 9.17) is 18.9 Å². The van der Waals surface area contributed by atoms with Gasteiger partial charge in [0.25, 0.3) is 0 Å². The highest BCUT2D eigenvalue weighted by Crippen LogP contribution is 2.34. The average Bonchev–Trinajstić information content (AvgIpc) is 3.48. The SMILES string of the molecule is Cc1nn(C)c(C)c1CN(Cc1ccc2c(c1)OCO2)C(=O)Cc1ccc2c(c1)OCO2. The molecule has 0 N–H and O–H groups in total. The molecule has 0 radical (unpaired) electrons. The monoisotopic (exact) mass is 435 g/mol. The Bertz CT molecular complexity index is 1190. The molecule has 1 amide bonds. The van der Waals surface area contributed by atoms with Crippen LogP contribution >= 0.6 is 0 Å². The van der Waals surface area contributed by atoms with E-state index >= 15 is 0 Å². The van der Waals surface area contributed by atoms with E-state index in [1.165, 1.54) is 0 Å². The normalized spacial score (nSPS) is 13.5. The van der Waals surface area contributed by atoms with Crippen LogP contribution in [0.15, 0.2) is 36.4 Å². The summed E-state index contributed by atoms with van der Waals surface area (Å²) >= 11 is 0. The topological polar surface area (TPSA) is 75.1 Å². The average molecular weight is 435 g/mol. The summed E-state index contributed by atoms with van der Waals surface area (Å²) < 4.78 is 23.6. The van der Waals surface area contributed by atoms with Crippen LogP contribution in [0.1, 0.15) is 28.1 Å². The number of nitrogens with zero attached hydrogens (tertiary/aromatic N) is 3. The summed E-state index contributed by atoms with van der Waals surface area (Å²) in [6.45, 7) is 5.36. The number of hydrogen-bond acceptors (Lipinski definition) is 6. The number of hydrogen-bond donors (Lipinski definition) is 0. The van der Waals surface area contributed by atoms with Crippen molar-refractivity contribution in [2.45, 2.75) is 33.4 Å². The fraction of sp³-hybridized carbons (Fsp3) is 0.333. The van der Waals surface area contributed by atoms with Crippen LogP contribution in [0.3, 0.4) is 0 Å². The van der Waals surface area contributed by atoms with Crippen LogP contribution in [0.4, 0.5) is 0 Å². The molecule has 0 fully saturated rings. The lowest BCUT2D eigenvalue weighted by Gasteiger charge is -2.24. The molecule has 2 aromatic carbocycles. The van der Waals surface area contributed by atoms with Gasteiger partial charge < -0.3 is 23.8 Å². The Labute approximate surface area is 186 Å². The van der Waals surface area contributed by atoms with Crippen LogP contribution in [-0.2, 0) is 31.4 Å². The van der Waals surface area contributed by atoms with Crippen molar-refractivity contribution in [2.75, 3.05) is 13.6 Å². The van der Waals surface area contributed by atoms with E-state index in [1.807, 2.05) is 66.9 Å². The molecule has 3 aromatic rings. The van der Waals surface area contributed by atoms with Crippen molar-refractivity contribution in [3.8, 4) is 23.0 Å². The minimum Gasteiger partial charge on any atom is -0.454 e. The molecule has 0 aliphatic carbocycles. The van der Waals surface area contributed by atoms with E-state index in [2.05, 4.69) is 5.10 Å². The third kappa shape index (κ3) is 3.84. The molecule has 1 aromatic heterocycles. The Morgan fingerprint density at radius 2 is 1.50 bits per heavy atom. The Hall–Kier alpha value is -3.68. The number of aryl methyl sites for hydroxylation is 2. The minimum absolute atomic E-state index is 0.0178. The third-order valence-electron chi connectivity index (χ3n) is 5.96. The molecule has 0 saturated heterocycles. The van der Waals surface area contributed by atoms with Crippen LogP contribution in [0.5, 0.6) is 23.0 Å². The van der Waals surface area contributed by atoms with E-state index in [1.54, 1.807) is 0 Å². The molecule has 166 valence electrons. The molecule has 8 heteroatoms. The number of carbonyl (C=O) groups excluding carboxylic acids is 1.